The molecule has 0 unspecified atom stereocenters. The molecule has 0 N–H and O–H groups in total. The number of para-hydroxylation sites is 1. The van der Waals surface area contributed by atoms with Crippen molar-refractivity contribution >= 4 is 33.2 Å². The van der Waals surface area contributed by atoms with Crippen LogP contribution in [-0.4, -0.2) is 62.8 Å². The van der Waals surface area contributed by atoms with E-state index >= 15 is 0 Å². The number of benzene rings is 2. The molecule has 4 rings (SSSR count). The molecule has 0 bridgehead atoms. The number of hydrogen-bond acceptors (Lipinski definition) is 4. The van der Waals surface area contributed by atoms with Gasteiger partial charge < -0.3 is 9.80 Å². The summed E-state index contributed by atoms with van der Waals surface area (Å²) in [5, 5.41) is -0.221. The number of sulfonamides is 1. The summed E-state index contributed by atoms with van der Waals surface area (Å²) in [4.78, 5) is 17.1. The van der Waals surface area contributed by atoms with Crippen molar-refractivity contribution in [2.24, 2.45) is 5.92 Å². The first kappa shape index (κ1) is 22.0. The average Bonchev–Trinajstić information content (AvgIpc) is 2.81. The largest absolute Gasteiger partial charge is 0.368 e. The van der Waals surface area contributed by atoms with Gasteiger partial charge in [0.2, 0.25) is 15.9 Å². The van der Waals surface area contributed by atoms with E-state index in [1.165, 1.54) is 10.4 Å². The van der Waals surface area contributed by atoms with Crippen LogP contribution in [0.3, 0.4) is 0 Å². The lowest BCUT2D eigenvalue weighted by atomic mass is 9.96. The minimum absolute atomic E-state index is 0.0271. The van der Waals surface area contributed by atoms with Crippen molar-refractivity contribution in [1.29, 1.82) is 0 Å². The van der Waals surface area contributed by atoms with Gasteiger partial charge in [0, 0.05) is 50.9 Å². The molecular formula is C22H25ClFN3O3S. The van der Waals surface area contributed by atoms with Crippen molar-refractivity contribution in [3.8, 4) is 0 Å². The molecule has 2 aromatic rings. The second-order valence-corrected chi connectivity index (χ2v) is 10.2. The summed E-state index contributed by atoms with van der Waals surface area (Å²) in [7, 11) is -3.76. The molecular weight excluding hydrogens is 441 g/mol. The van der Waals surface area contributed by atoms with Gasteiger partial charge >= 0.3 is 0 Å². The van der Waals surface area contributed by atoms with Gasteiger partial charge in [-0.3, -0.25) is 4.79 Å². The number of amides is 1. The van der Waals surface area contributed by atoms with E-state index in [0.29, 0.717) is 25.9 Å². The zero-order valence-corrected chi connectivity index (χ0v) is 18.7. The van der Waals surface area contributed by atoms with Crippen LogP contribution in [-0.2, 0) is 14.8 Å². The van der Waals surface area contributed by atoms with Crippen molar-refractivity contribution in [2.45, 2.75) is 17.7 Å². The predicted molar refractivity (Wildman–Crippen MR) is 118 cm³/mol. The molecule has 0 aromatic heterocycles. The Morgan fingerprint density at radius 1 is 0.935 bits per heavy atom. The molecule has 166 valence electrons. The van der Waals surface area contributed by atoms with Crippen LogP contribution in [0.1, 0.15) is 12.8 Å². The first-order valence-electron chi connectivity index (χ1n) is 10.4. The monoisotopic (exact) mass is 465 g/mol. The summed E-state index contributed by atoms with van der Waals surface area (Å²) in [6, 6.07) is 13.6. The smallest absolute Gasteiger partial charge is 0.243 e. The van der Waals surface area contributed by atoms with Gasteiger partial charge in [0.1, 0.15) is 5.82 Å². The molecule has 2 saturated heterocycles. The van der Waals surface area contributed by atoms with Gasteiger partial charge in [0.25, 0.3) is 0 Å². The van der Waals surface area contributed by atoms with Crippen molar-refractivity contribution in [2.75, 3.05) is 44.2 Å². The Balaban J connectivity index is 1.32. The van der Waals surface area contributed by atoms with Gasteiger partial charge in [-0.25, -0.2) is 12.8 Å². The molecule has 2 fully saturated rings. The van der Waals surface area contributed by atoms with Gasteiger partial charge in [0.15, 0.2) is 0 Å². The molecule has 2 aliphatic heterocycles. The lowest BCUT2D eigenvalue weighted by Crippen LogP contribution is -2.52. The van der Waals surface area contributed by atoms with Crippen molar-refractivity contribution in [3.63, 3.8) is 0 Å². The van der Waals surface area contributed by atoms with Crippen LogP contribution >= 0.6 is 11.6 Å². The molecule has 0 atom stereocenters. The minimum atomic E-state index is -3.76. The van der Waals surface area contributed by atoms with Crippen LogP contribution < -0.4 is 4.90 Å². The van der Waals surface area contributed by atoms with Crippen LogP contribution in [0.5, 0.6) is 0 Å². The second kappa shape index (κ2) is 9.14. The van der Waals surface area contributed by atoms with Crippen molar-refractivity contribution in [1.82, 2.24) is 9.21 Å². The molecule has 0 radical (unpaired) electrons. The van der Waals surface area contributed by atoms with Gasteiger partial charge in [-0.05, 0) is 43.2 Å². The summed E-state index contributed by atoms with van der Waals surface area (Å²) in [6.07, 6.45) is 0.956. The molecule has 2 heterocycles. The average molecular weight is 466 g/mol. The highest BCUT2D eigenvalue weighted by Gasteiger charge is 2.34. The second-order valence-electron chi connectivity index (χ2n) is 7.90. The van der Waals surface area contributed by atoms with E-state index in [1.54, 1.807) is 0 Å². The zero-order chi connectivity index (χ0) is 22.0. The maximum Gasteiger partial charge on any atom is 0.243 e. The summed E-state index contributed by atoms with van der Waals surface area (Å²) >= 11 is 5.75. The number of piperidine rings is 1. The SMILES string of the molecule is O=C(C1CCN(S(=O)(=O)c2ccc(F)c(Cl)c2)CC1)N1CCN(c2ccccc2)CC1. The van der Waals surface area contributed by atoms with Crippen LogP contribution in [0.2, 0.25) is 5.02 Å². The van der Waals surface area contributed by atoms with Gasteiger partial charge in [-0.2, -0.15) is 4.31 Å². The predicted octanol–water partition coefficient (Wildman–Crippen LogP) is 3.23. The number of rotatable bonds is 4. The first-order valence-corrected chi connectivity index (χ1v) is 12.2. The molecule has 0 aliphatic carbocycles. The lowest BCUT2D eigenvalue weighted by Gasteiger charge is -2.39. The Morgan fingerprint density at radius 3 is 2.19 bits per heavy atom. The van der Waals surface area contributed by atoms with E-state index in [2.05, 4.69) is 17.0 Å². The third kappa shape index (κ3) is 4.71. The van der Waals surface area contributed by atoms with E-state index in [4.69, 9.17) is 11.6 Å². The summed E-state index contributed by atoms with van der Waals surface area (Å²) in [6.45, 7) is 3.43. The van der Waals surface area contributed by atoms with E-state index in [-0.39, 0.29) is 34.8 Å². The quantitative estimate of drug-likeness (QED) is 0.695. The van der Waals surface area contributed by atoms with E-state index in [9.17, 15) is 17.6 Å². The highest BCUT2D eigenvalue weighted by molar-refractivity contribution is 7.89. The number of nitrogens with zero attached hydrogens (tertiary/aromatic N) is 3. The Kier molecular flexibility index (Phi) is 6.50. The number of hydrogen-bond donors (Lipinski definition) is 0. The normalized spacial score (nSPS) is 18.9. The van der Waals surface area contributed by atoms with Crippen molar-refractivity contribution in [3.05, 3.63) is 59.4 Å². The topological polar surface area (TPSA) is 60.9 Å². The highest BCUT2D eigenvalue weighted by Crippen LogP contribution is 2.28. The van der Waals surface area contributed by atoms with Gasteiger partial charge in [-0.15, -0.1) is 0 Å². The standard InChI is InChI=1S/C22H25ClFN3O3S/c23-20-16-19(6-7-21(20)24)31(29,30)27-10-8-17(9-11-27)22(28)26-14-12-25(13-15-26)18-4-2-1-3-5-18/h1-7,16-17H,8-15H2. The number of halogens is 2. The van der Waals surface area contributed by atoms with Crippen molar-refractivity contribution < 1.29 is 17.6 Å². The third-order valence-corrected chi connectivity index (χ3v) is 8.23. The number of carbonyl (C=O) groups is 1. The van der Waals surface area contributed by atoms with Gasteiger partial charge in [-0.1, -0.05) is 29.8 Å². The van der Waals surface area contributed by atoms with Gasteiger partial charge in [0.05, 0.1) is 9.92 Å². The summed E-state index contributed by atoms with van der Waals surface area (Å²) in [5.41, 5.74) is 1.16. The summed E-state index contributed by atoms with van der Waals surface area (Å²) in [5.74, 6) is -0.724. The van der Waals surface area contributed by atoms with E-state index < -0.39 is 15.8 Å². The Bertz CT molecular complexity index is 1040. The maximum absolute atomic E-state index is 13.4. The fourth-order valence-corrected chi connectivity index (χ4v) is 5.95. The fraction of sp³-hybridized carbons (Fsp3) is 0.409. The molecule has 6 nitrogen and oxygen atoms in total. The molecule has 2 aliphatic rings. The summed E-state index contributed by atoms with van der Waals surface area (Å²) < 4.78 is 40.4. The number of carbonyl (C=O) groups excluding carboxylic acids is 1. The Hall–Kier alpha value is -2.16. The lowest BCUT2D eigenvalue weighted by molar-refractivity contribution is -0.137. The minimum Gasteiger partial charge on any atom is -0.368 e. The molecule has 1 amide bonds. The molecule has 0 saturated carbocycles. The van der Waals surface area contributed by atoms with E-state index in [0.717, 1.165) is 30.9 Å². The third-order valence-electron chi connectivity index (χ3n) is 6.04. The zero-order valence-electron chi connectivity index (χ0n) is 17.1. The fourth-order valence-electron chi connectivity index (χ4n) is 4.21. The Morgan fingerprint density at radius 2 is 1.58 bits per heavy atom. The highest BCUT2D eigenvalue weighted by atomic mass is 35.5. The van der Waals surface area contributed by atoms with Crippen LogP contribution in [0.25, 0.3) is 0 Å². The molecule has 31 heavy (non-hydrogen) atoms. The van der Waals surface area contributed by atoms with Crippen LogP contribution in [0.4, 0.5) is 10.1 Å². The van der Waals surface area contributed by atoms with Crippen LogP contribution in [0, 0.1) is 11.7 Å². The molecule has 2 aromatic carbocycles. The Labute approximate surface area is 187 Å². The maximum atomic E-state index is 13.4. The number of piperazine rings is 1. The van der Waals surface area contributed by atoms with Crippen LogP contribution in [0.15, 0.2) is 53.4 Å². The number of anilines is 1. The van der Waals surface area contributed by atoms with E-state index in [1.807, 2.05) is 23.1 Å². The molecule has 9 heteroatoms. The first-order chi connectivity index (χ1) is 14.9. The molecule has 0 spiro atoms.